The molecule has 110 valence electrons. The first-order chi connectivity index (χ1) is 10.6. The molecule has 3 rings (SSSR count). The fourth-order valence-electron chi connectivity index (χ4n) is 1.93. The number of aromatic nitrogens is 1. The van der Waals surface area contributed by atoms with Gasteiger partial charge in [-0.05, 0) is 18.2 Å². The van der Waals surface area contributed by atoms with Crippen LogP contribution in [-0.2, 0) is 0 Å². The summed E-state index contributed by atoms with van der Waals surface area (Å²) >= 11 is 11.8. The highest BCUT2D eigenvalue weighted by Crippen LogP contribution is 2.24. The number of carbonyl (C=O) groups is 1. The monoisotopic (exact) mass is 332 g/mol. The van der Waals surface area contributed by atoms with E-state index in [0.717, 1.165) is 5.56 Å². The molecule has 4 nitrogen and oxygen atoms in total. The van der Waals surface area contributed by atoms with Gasteiger partial charge in [0.25, 0.3) is 5.91 Å². The predicted octanol–water partition coefficient (Wildman–Crippen LogP) is 4.90. The van der Waals surface area contributed by atoms with Crippen molar-refractivity contribution >= 4 is 35.0 Å². The van der Waals surface area contributed by atoms with Crippen molar-refractivity contribution in [1.29, 1.82) is 0 Å². The van der Waals surface area contributed by atoms with Gasteiger partial charge in [0.05, 0.1) is 10.6 Å². The number of nitrogens with zero attached hydrogens (tertiary/aromatic N) is 1. The second kappa shape index (κ2) is 6.22. The number of amides is 1. The Balaban J connectivity index is 1.79. The van der Waals surface area contributed by atoms with E-state index in [2.05, 4.69) is 10.5 Å². The quantitative estimate of drug-likeness (QED) is 0.742. The second-order valence-corrected chi connectivity index (χ2v) is 5.36. The number of nitrogens with one attached hydrogen (secondary N) is 1. The molecular weight excluding hydrogens is 323 g/mol. The van der Waals surface area contributed by atoms with Gasteiger partial charge < -0.3 is 4.52 Å². The third-order valence-corrected chi connectivity index (χ3v) is 3.54. The maximum atomic E-state index is 12.2. The Labute approximate surface area is 136 Å². The fourth-order valence-corrected chi connectivity index (χ4v) is 2.43. The van der Waals surface area contributed by atoms with E-state index in [-0.39, 0.29) is 10.9 Å². The lowest BCUT2D eigenvalue weighted by Crippen LogP contribution is -2.11. The molecule has 0 bridgehead atoms. The molecule has 0 saturated heterocycles. The number of halogens is 2. The highest BCUT2D eigenvalue weighted by molar-refractivity contribution is 6.37. The lowest BCUT2D eigenvalue weighted by Gasteiger charge is -2.03. The zero-order valence-electron chi connectivity index (χ0n) is 11.2. The van der Waals surface area contributed by atoms with Crippen molar-refractivity contribution in [3.05, 3.63) is 70.2 Å². The third kappa shape index (κ3) is 3.13. The minimum absolute atomic E-state index is 0.245. The lowest BCUT2D eigenvalue weighted by atomic mass is 10.1. The van der Waals surface area contributed by atoms with Crippen molar-refractivity contribution in [3.8, 4) is 11.3 Å². The first kappa shape index (κ1) is 14.6. The molecular formula is C16H10Cl2N2O2. The minimum Gasteiger partial charge on any atom is -0.338 e. The molecule has 0 spiro atoms. The van der Waals surface area contributed by atoms with E-state index >= 15 is 0 Å². The van der Waals surface area contributed by atoms with Gasteiger partial charge in [0.1, 0.15) is 5.69 Å². The molecule has 0 aliphatic carbocycles. The SMILES string of the molecule is O=C(Nc1cc(-c2ccccc2)no1)c1ccc(Cl)cc1Cl. The zero-order chi connectivity index (χ0) is 15.5. The molecule has 1 heterocycles. The van der Waals surface area contributed by atoms with Crippen molar-refractivity contribution in [3.63, 3.8) is 0 Å². The van der Waals surface area contributed by atoms with Crippen LogP contribution in [0.5, 0.6) is 0 Å². The van der Waals surface area contributed by atoms with Crippen LogP contribution in [0.3, 0.4) is 0 Å². The van der Waals surface area contributed by atoms with Crippen LogP contribution in [-0.4, -0.2) is 11.1 Å². The molecule has 0 unspecified atom stereocenters. The normalized spacial score (nSPS) is 10.5. The van der Waals surface area contributed by atoms with Gasteiger partial charge in [-0.2, -0.15) is 0 Å². The van der Waals surface area contributed by atoms with Gasteiger partial charge in [-0.3, -0.25) is 10.1 Å². The van der Waals surface area contributed by atoms with Crippen molar-refractivity contribution < 1.29 is 9.32 Å². The lowest BCUT2D eigenvalue weighted by molar-refractivity contribution is 0.102. The first-order valence-electron chi connectivity index (χ1n) is 6.42. The van der Waals surface area contributed by atoms with Crippen LogP contribution in [0.25, 0.3) is 11.3 Å². The van der Waals surface area contributed by atoms with Crippen LogP contribution >= 0.6 is 23.2 Å². The maximum Gasteiger partial charge on any atom is 0.259 e. The molecule has 22 heavy (non-hydrogen) atoms. The average Bonchev–Trinajstić information content (AvgIpc) is 2.96. The molecule has 0 aliphatic rings. The number of rotatable bonds is 3. The van der Waals surface area contributed by atoms with Gasteiger partial charge in [-0.1, -0.05) is 58.7 Å². The summed E-state index contributed by atoms with van der Waals surface area (Å²) in [5.74, 6) is -0.146. The molecule has 0 fully saturated rings. The summed E-state index contributed by atoms with van der Waals surface area (Å²) in [6, 6.07) is 15.8. The fraction of sp³-hybridized carbons (Fsp3) is 0. The van der Waals surface area contributed by atoms with Gasteiger partial charge in [0.15, 0.2) is 0 Å². The molecule has 1 aromatic heterocycles. The smallest absolute Gasteiger partial charge is 0.259 e. The Kier molecular flexibility index (Phi) is 4.13. The molecule has 1 amide bonds. The Bertz CT molecular complexity index is 816. The predicted molar refractivity (Wildman–Crippen MR) is 86.4 cm³/mol. The van der Waals surface area contributed by atoms with Gasteiger partial charge in [0.2, 0.25) is 5.88 Å². The van der Waals surface area contributed by atoms with E-state index < -0.39 is 5.91 Å². The van der Waals surface area contributed by atoms with Gasteiger partial charge >= 0.3 is 0 Å². The van der Waals surface area contributed by atoms with E-state index in [1.54, 1.807) is 18.2 Å². The zero-order valence-corrected chi connectivity index (χ0v) is 12.7. The summed E-state index contributed by atoms with van der Waals surface area (Å²) in [5, 5.41) is 7.28. The first-order valence-corrected chi connectivity index (χ1v) is 7.17. The van der Waals surface area contributed by atoms with Crippen molar-refractivity contribution in [1.82, 2.24) is 5.16 Å². The number of hydrogen-bond acceptors (Lipinski definition) is 3. The van der Waals surface area contributed by atoms with Gasteiger partial charge in [0, 0.05) is 16.7 Å². The largest absolute Gasteiger partial charge is 0.338 e. The van der Waals surface area contributed by atoms with Crippen LogP contribution in [0.2, 0.25) is 10.0 Å². The van der Waals surface area contributed by atoms with Crippen molar-refractivity contribution in [2.24, 2.45) is 0 Å². The van der Waals surface area contributed by atoms with E-state index in [1.807, 2.05) is 30.3 Å². The average molecular weight is 333 g/mol. The summed E-state index contributed by atoms with van der Waals surface area (Å²) in [4.78, 5) is 12.2. The molecule has 3 aromatic rings. The Morgan fingerprint density at radius 3 is 2.55 bits per heavy atom. The third-order valence-electron chi connectivity index (χ3n) is 2.99. The number of carbonyl (C=O) groups excluding carboxylic acids is 1. The highest BCUT2D eigenvalue weighted by Gasteiger charge is 2.14. The standard InChI is InChI=1S/C16H10Cl2N2O2/c17-11-6-7-12(13(18)8-11)16(21)19-15-9-14(20-22-15)10-4-2-1-3-5-10/h1-9H,(H,19,21). The number of hydrogen-bond donors (Lipinski definition) is 1. The summed E-state index contributed by atoms with van der Waals surface area (Å²) in [7, 11) is 0. The Hall–Kier alpha value is -2.30. The van der Waals surface area contributed by atoms with Crippen molar-refractivity contribution in [2.45, 2.75) is 0 Å². The summed E-state index contributed by atoms with van der Waals surface area (Å²) in [5.41, 5.74) is 1.85. The van der Waals surface area contributed by atoms with E-state index in [1.165, 1.54) is 6.07 Å². The van der Waals surface area contributed by atoms with Crippen molar-refractivity contribution in [2.75, 3.05) is 5.32 Å². The second-order valence-electron chi connectivity index (χ2n) is 4.52. The van der Waals surface area contributed by atoms with Crippen LogP contribution in [0.4, 0.5) is 5.88 Å². The number of anilines is 1. The number of benzene rings is 2. The van der Waals surface area contributed by atoms with E-state index in [9.17, 15) is 4.79 Å². The molecule has 0 saturated carbocycles. The maximum absolute atomic E-state index is 12.2. The molecule has 0 aliphatic heterocycles. The van der Waals surface area contributed by atoms with E-state index in [4.69, 9.17) is 27.7 Å². The van der Waals surface area contributed by atoms with E-state index in [0.29, 0.717) is 16.3 Å². The van der Waals surface area contributed by atoms with Crippen LogP contribution in [0.15, 0.2) is 59.1 Å². The summed E-state index contributed by atoms with van der Waals surface area (Å²) < 4.78 is 5.12. The Morgan fingerprint density at radius 2 is 1.82 bits per heavy atom. The Morgan fingerprint density at radius 1 is 1.05 bits per heavy atom. The van der Waals surface area contributed by atoms with Gasteiger partial charge in [-0.15, -0.1) is 0 Å². The topological polar surface area (TPSA) is 55.1 Å². The van der Waals surface area contributed by atoms with Crippen LogP contribution in [0, 0.1) is 0 Å². The van der Waals surface area contributed by atoms with Gasteiger partial charge in [-0.25, -0.2) is 0 Å². The van der Waals surface area contributed by atoms with Crippen LogP contribution in [0.1, 0.15) is 10.4 Å². The summed E-state index contributed by atoms with van der Waals surface area (Å²) in [6.45, 7) is 0. The molecule has 1 N–H and O–H groups in total. The highest BCUT2D eigenvalue weighted by atomic mass is 35.5. The molecule has 0 radical (unpaired) electrons. The molecule has 0 atom stereocenters. The molecule has 2 aromatic carbocycles. The minimum atomic E-state index is -0.391. The summed E-state index contributed by atoms with van der Waals surface area (Å²) in [6.07, 6.45) is 0. The molecule has 6 heteroatoms. The van der Waals surface area contributed by atoms with Crippen LogP contribution < -0.4 is 5.32 Å².